The highest BCUT2D eigenvalue weighted by molar-refractivity contribution is 5.85. The zero-order valence-electron chi connectivity index (χ0n) is 15.9. The number of alkyl halides is 3. The van der Waals surface area contributed by atoms with Gasteiger partial charge < -0.3 is 5.32 Å². The highest BCUT2D eigenvalue weighted by Gasteiger charge is 2.34. The van der Waals surface area contributed by atoms with E-state index in [4.69, 9.17) is 0 Å². The van der Waals surface area contributed by atoms with Crippen molar-refractivity contribution < 1.29 is 22.9 Å². The molecule has 1 saturated carbocycles. The molecule has 0 spiro atoms. The Morgan fingerprint density at radius 2 is 1.83 bits per heavy atom. The normalized spacial score (nSPS) is 22.7. The second-order valence-electron chi connectivity index (χ2n) is 7.54. The van der Waals surface area contributed by atoms with Crippen molar-refractivity contribution in [2.45, 2.75) is 63.2 Å². The number of rotatable bonds is 5. The molecule has 2 fully saturated rings. The lowest BCUT2D eigenvalue weighted by Gasteiger charge is -2.38. The Labute approximate surface area is 173 Å². The first kappa shape index (κ1) is 23.4. The smallest absolute Gasteiger partial charge is 0.352 e. The first-order valence-electron chi connectivity index (χ1n) is 9.63. The number of carbonyl (C=O) groups excluding carboxylic acids is 1. The number of likely N-dealkylation sites (tertiary alicyclic amines) is 1. The van der Waals surface area contributed by atoms with Gasteiger partial charge in [-0.3, -0.25) is 19.8 Å². The summed E-state index contributed by atoms with van der Waals surface area (Å²) in [6.07, 6.45) is 1.29. The number of halogens is 4. The van der Waals surface area contributed by atoms with Crippen LogP contribution in [0, 0.1) is 10.1 Å². The lowest BCUT2D eigenvalue weighted by molar-refractivity contribution is -0.385. The van der Waals surface area contributed by atoms with Gasteiger partial charge in [0.1, 0.15) is 0 Å². The summed E-state index contributed by atoms with van der Waals surface area (Å²) in [7, 11) is 0. The number of hydrogen-bond acceptors (Lipinski definition) is 4. The Kier molecular flexibility index (Phi) is 7.87. The molecule has 0 bridgehead atoms. The summed E-state index contributed by atoms with van der Waals surface area (Å²) >= 11 is 0. The van der Waals surface area contributed by atoms with Crippen molar-refractivity contribution in [2.75, 3.05) is 13.1 Å². The van der Waals surface area contributed by atoms with E-state index in [9.17, 15) is 28.1 Å². The zero-order valence-corrected chi connectivity index (χ0v) is 16.7. The zero-order chi connectivity index (χ0) is 20.3. The SMILES string of the molecule is Cl.O=C(Cc1ccc(C(F)(F)F)cc1[N+](=O)[O-])N[C@@H]1CCCC[C@H]1N1CCCC1. The number of benzene rings is 1. The molecule has 0 radical (unpaired) electrons. The van der Waals surface area contributed by atoms with Crippen LogP contribution in [-0.2, 0) is 17.4 Å². The molecule has 1 aliphatic heterocycles. The topological polar surface area (TPSA) is 75.5 Å². The van der Waals surface area contributed by atoms with Crippen LogP contribution in [0.3, 0.4) is 0 Å². The number of nitro groups is 1. The summed E-state index contributed by atoms with van der Waals surface area (Å²) < 4.78 is 38.5. The summed E-state index contributed by atoms with van der Waals surface area (Å²) in [5, 5.41) is 14.2. The molecule has 1 aromatic carbocycles. The fourth-order valence-corrected chi connectivity index (χ4v) is 4.28. The van der Waals surface area contributed by atoms with E-state index in [-0.39, 0.29) is 42.4 Å². The highest BCUT2D eigenvalue weighted by Crippen LogP contribution is 2.33. The lowest BCUT2D eigenvalue weighted by atomic mass is 9.89. The number of carbonyl (C=O) groups is 1. The van der Waals surface area contributed by atoms with Crippen molar-refractivity contribution in [3.05, 3.63) is 39.4 Å². The van der Waals surface area contributed by atoms with Crippen molar-refractivity contribution in [3.63, 3.8) is 0 Å². The maximum absolute atomic E-state index is 12.8. The number of nitrogens with one attached hydrogen (secondary N) is 1. The molecule has 0 aromatic heterocycles. The van der Waals surface area contributed by atoms with E-state index in [1.165, 1.54) is 0 Å². The third kappa shape index (κ3) is 5.82. The maximum atomic E-state index is 12.8. The molecule has 10 heteroatoms. The van der Waals surface area contributed by atoms with Crippen molar-refractivity contribution in [2.24, 2.45) is 0 Å². The molecule has 1 amide bonds. The number of hydrogen-bond donors (Lipinski definition) is 1. The number of nitro benzene ring substituents is 1. The van der Waals surface area contributed by atoms with E-state index in [0.29, 0.717) is 6.07 Å². The van der Waals surface area contributed by atoms with Crippen LogP contribution < -0.4 is 5.32 Å². The molecule has 1 aliphatic carbocycles. The van der Waals surface area contributed by atoms with Crippen LogP contribution in [0.2, 0.25) is 0 Å². The average molecular weight is 436 g/mol. The van der Waals surface area contributed by atoms with Gasteiger partial charge in [0.15, 0.2) is 0 Å². The molecule has 1 saturated heterocycles. The van der Waals surface area contributed by atoms with Gasteiger partial charge in [0.05, 0.1) is 16.9 Å². The second-order valence-corrected chi connectivity index (χ2v) is 7.54. The Balaban J connectivity index is 0.00000300. The molecule has 2 atom stereocenters. The first-order chi connectivity index (χ1) is 13.3. The number of nitrogens with zero attached hydrogens (tertiary/aromatic N) is 2. The molecule has 162 valence electrons. The summed E-state index contributed by atoms with van der Waals surface area (Å²) in [5.74, 6) is -0.390. The summed E-state index contributed by atoms with van der Waals surface area (Å²) in [6, 6.07) is 2.55. The minimum atomic E-state index is -4.67. The molecule has 2 aliphatic rings. The number of amides is 1. The largest absolute Gasteiger partial charge is 0.416 e. The fraction of sp³-hybridized carbons (Fsp3) is 0.632. The summed E-state index contributed by atoms with van der Waals surface area (Å²) in [4.78, 5) is 25.2. The van der Waals surface area contributed by atoms with Gasteiger partial charge in [-0.05, 0) is 44.8 Å². The van der Waals surface area contributed by atoms with Crippen LogP contribution in [0.4, 0.5) is 18.9 Å². The van der Waals surface area contributed by atoms with Gasteiger partial charge in [0, 0.05) is 23.7 Å². The molecular formula is C19H25ClF3N3O3. The van der Waals surface area contributed by atoms with Gasteiger partial charge in [-0.25, -0.2) is 0 Å². The van der Waals surface area contributed by atoms with Crippen molar-refractivity contribution in [3.8, 4) is 0 Å². The van der Waals surface area contributed by atoms with Gasteiger partial charge in [-0.1, -0.05) is 18.9 Å². The van der Waals surface area contributed by atoms with Gasteiger partial charge in [0.25, 0.3) is 5.69 Å². The molecule has 1 N–H and O–H groups in total. The van der Waals surface area contributed by atoms with E-state index in [0.717, 1.165) is 63.7 Å². The third-order valence-corrected chi connectivity index (χ3v) is 5.65. The Morgan fingerprint density at radius 1 is 1.17 bits per heavy atom. The summed E-state index contributed by atoms with van der Waals surface area (Å²) in [6.45, 7) is 2.03. The van der Waals surface area contributed by atoms with Gasteiger partial charge in [-0.15, -0.1) is 12.4 Å². The monoisotopic (exact) mass is 435 g/mol. The Hall–Kier alpha value is -1.87. The predicted octanol–water partition coefficient (Wildman–Crippen LogP) is 4.10. The van der Waals surface area contributed by atoms with E-state index >= 15 is 0 Å². The molecule has 6 nitrogen and oxygen atoms in total. The molecule has 1 heterocycles. The minimum Gasteiger partial charge on any atom is -0.352 e. The first-order valence-corrected chi connectivity index (χ1v) is 9.63. The highest BCUT2D eigenvalue weighted by atomic mass is 35.5. The van der Waals surface area contributed by atoms with Crippen molar-refractivity contribution in [1.82, 2.24) is 10.2 Å². The van der Waals surface area contributed by atoms with Gasteiger partial charge >= 0.3 is 6.18 Å². The average Bonchev–Trinajstić information content (AvgIpc) is 3.15. The fourth-order valence-electron chi connectivity index (χ4n) is 4.28. The standard InChI is InChI=1S/C19H24F3N3O3.ClH/c20-19(21,22)14-8-7-13(17(12-14)25(27)28)11-18(26)23-15-5-1-2-6-16(15)24-9-3-4-10-24;/h7-8,12,15-16H,1-6,9-11H2,(H,23,26);1H/t15-,16-;/m1./s1. The van der Waals surface area contributed by atoms with Crippen LogP contribution in [0.1, 0.15) is 49.7 Å². The Bertz CT molecular complexity index is 739. The molecular weight excluding hydrogens is 411 g/mol. The summed E-state index contributed by atoms with van der Waals surface area (Å²) in [5.41, 5.74) is -1.78. The quantitative estimate of drug-likeness (QED) is 0.558. The van der Waals surface area contributed by atoms with E-state index in [2.05, 4.69) is 10.2 Å². The van der Waals surface area contributed by atoms with Crippen LogP contribution in [-0.4, -0.2) is 40.9 Å². The van der Waals surface area contributed by atoms with E-state index in [1.807, 2.05) is 0 Å². The molecule has 0 unspecified atom stereocenters. The van der Waals surface area contributed by atoms with Crippen LogP contribution in [0.25, 0.3) is 0 Å². The van der Waals surface area contributed by atoms with Crippen LogP contribution in [0.5, 0.6) is 0 Å². The maximum Gasteiger partial charge on any atom is 0.416 e. The molecule has 29 heavy (non-hydrogen) atoms. The second kappa shape index (κ2) is 9.75. The minimum absolute atomic E-state index is 0. The van der Waals surface area contributed by atoms with Crippen molar-refractivity contribution >= 4 is 24.0 Å². The van der Waals surface area contributed by atoms with Crippen LogP contribution >= 0.6 is 12.4 Å². The van der Waals surface area contributed by atoms with Crippen molar-refractivity contribution in [1.29, 1.82) is 0 Å². The van der Waals surface area contributed by atoms with E-state index in [1.54, 1.807) is 0 Å². The van der Waals surface area contributed by atoms with E-state index < -0.39 is 22.4 Å². The molecule has 1 aromatic rings. The lowest BCUT2D eigenvalue weighted by Crippen LogP contribution is -2.52. The molecule has 3 rings (SSSR count). The Morgan fingerprint density at radius 3 is 2.45 bits per heavy atom. The van der Waals surface area contributed by atoms with Crippen LogP contribution in [0.15, 0.2) is 18.2 Å². The van der Waals surface area contributed by atoms with Gasteiger partial charge in [-0.2, -0.15) is 13.2 Å². The predicted molar refractivity (Wildman–Crippen MR) is 104 cm³/mol. The van der Waals surface area contributed by atoms with Gasteiger partial charge in [0.2, 0.25) is 5.91 Å². The third-order valence-electron chi connectivity index (χ3n) is 5.65.